The minimum absolute atomic E-state index is 0.0947. The molecule has 1 aliphatic heterocycles. The predicted molar refractivity (Wildman–Crippen MR) is 106 cm³/mol. The van der Waals surface area contributed by atoms with Gasteiger partial charge < -0.3 is 9.84 Å². The summed E-state index contributed by atoms with van der Waals surface area (Å²) in [4.78, 5) is 23.0. The van der Waals surface area contributed by atoms with Crippen LogP contribution in [0.15, 0.2) is 36.4 Å². The van der Waals surface area contributed by atoms with Gasteiger partial charge in [0.2, 0.25) is 0 Å². The zero-order chi connectivity index (χ0) is 20.0. The molecule has 3 aliphatic carbocycles. The average molecular weight is 394 g/mol. The lowest BCUT2D eigenvalue weighted by molar-refractivity contribution is -0.589. The Hall–Kier alpha value is -1.95. The molecule has 3 saturated carbocycles. The van der Waals surface area contributed by atoms with E-state index in [4.69, 9.17) is 14.5 Å². The second-order valence-corrected chi connectivity index (χ2v) is 9.77. The molecule has 29 heavy (non-hydrogen) atoms. The Kier molecular flexibility index (Phi) is 3.45. The number of aliphatic hydroxyl groups is 1. The summed E-state index contributed by atoms with van der Waals surface area (Å²) >= 11 is 0. The van der Waals surface area contributed by atoms with Crippen LogP contribution in [0.25, 0.3) is 10.8 Å². The zero-order valence-corrected chi connectivity index (χ0v) is 16.8. The van der Waals surface area contributed by atoms with Crippen LogP contribution < -0.4 is 4.74 Å². The van der Waals surface area contributed by atoms with Crippen molar-refractivity contribution in [2.45, 2.75) is 50.7 Å². The minimum atomic E-state index is -0.821. The van der Waals surface area contributed by atoms with Gasteiger partial charge in [-0.1, -0.05) is 25.1 Å². The molecular formula is C24H26O5. The Labute approximate surface area is 169 Å². The fraction of sp³-hybridized carbons (Fsp3) is 0.542. The average Bonchev–Trinajstić information content (AvgIpc) is 3.21. The van der Waals surface area contributed by atoms with Crippen molar-refractivity contribution < 1.29 is 24.4 Å². The number of hydrogen-bond donors (Lipinski definition) is 1. The van der Waals surface area contributed by atoms with Gasteiger partial charge in [0, 0.05) is 6.92 Å². The third kappa shape index (κ3) is 2.13. The topological polar surface area (TPSA) is 65.0 Å². The molecule has 1 heterocycles. The van der Waals surface area contributed by atoms with Gasteiger partial charge in [0.25, 0.3) is 0 Å². The molecule has 5 heteroatoms. The molecule has 5 nitrogen and oxygen atoms in total. The predicted octanol–water partition coefficient (Wildman–Crippen LogP) is 4.11. The normalized spacial score (nSPS) is 41.8. The van der Waals surface area contributed by atoms with E-state index in [0.29, 0.717) is 23.0 Å². The van der Waals surface area contributed by atoms with Gasteiger partial charge in [0.1, 0.15) is 11.4 Å². The van der Waals surface area contributed by atoms with E-state index in [9.17, 15) is 9.90 Å². The number of rotatable bonds is 3. The highest BCUT2D eigenvalue weighted by Crippen LogP contribution is 2.78. The molecule has 0 aromatic heterocycles. The van der Waals surface area contributed by atoms with Crippen LogP contribution in [-0.2, 0) is 20.2 Å². The third-order valence-corrected chi connectivity index (χ3v) is 8.35. The Bertz CT molecular complexity index is 1030. The van der Waals surface area contributed by atoms with E-state index in [0.717, 1.165) is 22.3 Å². The van der Waals surface area contributed by atoms with Crippen molar-refractivity contribution in [3.8, 4) is 5.75 Å². The molecule has 2 aromatic carbocycles. The van der Waals surface area contributed by atoms with Crippen molar-refractivity contribution in [3.63, 3.8) is 0 Å². The van der Waals surface area contributed by atoms with Crippen LogP contribution in [0.3, 0.4) is 0 Å². The Balaban J connectivity index is 1.41. The molecule has 0 amide bonds. The highest BCUT2D eigenvalue weighted by Gasteiger charge is 2.79. The number of carbonyl (C=O) groups is 1. The standard InChI is InChI=1S/C24H26O5/c1-14-10-22-11-19(22)9-20(12-22)24(14)23(13-25,28-29-24)18-5-3-17-8-21(27-15(2)26)6-4-16(17)7-18/h3-8,14,19-20,25H,9-13H2,1-2H3. The summed E-state index contributed by atoms with van der Waals surface area (Å²) in [5, 5.41) is 12.6. The summed E-state index contributed by atoms with van der Waals surface area (Å²) in [5.41, 5.74) is 0.234. The van der Waals surface area contributed by atoms with Gasteiger partial charge >= 0.3 is 5.97 Å². The molecule has 152 valence electrons. The van der Waals surface area contributed by atoms with Crippen molar-refractivity contribution in [3.05, 3.63) is 42.0 Å². The first-order valence-corrected chi connectivity index (χ1v) is 10.6. The summed E-state index contributed by atoms with van der Waals surface area (Å²) in [7, 11) is 0. The van der Waals surface area contributed by atoms with E-state index in [1.165, 1.54) is 32.6 Å². The minimum Gasteiger partial charge on any atom is -0.427 e. The Morgan fingerprint density at radius 1 is 1.10 bits per heavy atom. The number of esters is 1. The first kappa shape index (κ1) is 17.9. The number of fused-ring (bicyclic) bond motifs is 3. The van der Waals surface area contributed by atoms with Crippen LogP contribution in [0.5, 0.6) is 5.75 Å². The number of hydrogen-bond acceptors (Lipinski definition) is 5. The maximum absolute atomic E-state index is 11.2. The Morgan fingerprint density at radius 2 is 1.86 bits per heavy atom. The van der Waals surface area contributed by atoms with Gasteiger partial charge in [0.15, 0.2) is 5.60 Å². The monoisotopic (exact) mass is 394 g/mol. The first-order chi connectivity index (χ1) is 13.9. The Morgan fingerprint density at radius 3 is 2.59 bits per heavy atom. The maximum atomic E-state index is 11.2. The largest absolute Gasteiger partial charge is 0.427 e. The number of benzene rings is 2. The van der Waals surface area contributed by atoms with E-state index >= 15 is 0 Å². The molecule has 1 saturated heterocycles. The van der Waals surface area contributed by atoms with Gasteiger partial charge in [0.05, 0.1) is 6.61 Å². The lowest BCUT2D eigenvalue weighted by Gasteiger charge is -2.63. The molecule has 2 bridgehead atoms. The van der Waals surface area contributed by atoms with E-state index in [1.54, 1.807) is 6.07 Å². The summed E-state index contributed by atoms with van der Waals surface area (Å²) < 4.78 is 5.20. The number of aliphatic hydroxyl groups excluding tert-OH is 1. The molecule has 2 spiro atoms. The van der Waals surface area contributed by atoms with E-state index in [2.05, 4.69) is 13.0 Å². The highest BCUT2D eigenvalue weighted by molar-refractivity contribution is 5.85. The van der Waals surface area contributed by atoms with Crippen molar-refractivity contribution in [1.82, 2.24) is 0 Å². The molecule has 6 rings (SSSR count). The highest BCUT2D eigenvalue weighted by atomic mass is 17.3. The second-order valence-electron chi connectivity index (χ2n) is 9.77. The van der Waals surface area contributed by atoms with Crippen LogP contribution >= 0.6 is 0 Å². The van der Waals surface area contributed by atoms with Gasteiger partial charge in [-0.25, -0.2) is 9.78 Å². The van der Waals surface area contributed by atoms with Crippen molar-refractivity contribution in [2.75, 3.05) is 6.61 Å². The molecule has 6 unspecified atom stereocenters. The molecule has 0 radical (unpaired) electrons. The summed E-state index contributed by atoms with van der Waals surface area (Å²) in [5.74, 6) is 1.82. The summed E-state index contributed by atoms with van der Waals surface area (Å²) in [6.45, 7) is 3.57. The molecule has 1 N–H and O–H groups in total. The van der Waals surface area contributed by atoms with Crippen LogP contribution in [0.2, 0.25) is 0 Å². The maximum Gasteiger partial charge on any atom is 0.308 e. The number of ether oxygens (including phenoxy) is 1. The molecule has 4 aliphatic rings. The van der Waals surface area contributed by atoms with Crippen LogP contribution in [0.4, 0.5) is 0 Å². The van der Waals surface area contributed by atoms with Crippen molar-refractivity contribution >= 4 is 16.7 Å². The smallest absolute Gasteiger partial charge is 0.308 e. The fourth-order valence-corrected chi connectivity index (χ4v) is 7.09. The van der Waals surface area contributed by atoms with E-state index < -0.39 is 11.2 Å². The van der Waals surface area contributed by atoms with E-state index in [1.807, 2.05) is 24.3 Å². The van der Waals surface area contributed by atoms with Crippen LogP contribution in [0, 0.1) is 23.2 Å². The molecule has 2 aromatic rings. The fourth-order valence-electron chi connectivity index (χ4n) is 7.09. The van der Waals surface area contributed by atoms with Gasteiger partial charge in [-0.2, -0.15) is 0 Å². The summed E-state index contributed by atoms with van der Waals surface area (Å²) in [6.07, 6.45) is 4.93. The molecular weight excluding hydrogens is 368 g/mol. The lowest BCUT2D eigenvalue weighted by atomic mass is 9.57. The van der Waals surface area contributed by atoms with Crippen LogP contribution in [0.1, 0.15) is 45.1 Å². The van der Waals surface area contributed by atoms with Gasteiger partial charge in [-0.15, -0.1) is 0 Å². The van der Waals surface area contributed by atoms with Crippen LogP contribution in [-0.4, -0.2) is 23.3 Å². The first-order valence-electron chi connectivity index (χ1n) is 10.6. The van der Waals surface area contributed by atoms with Crippen molar-refractivity contribution in [1.29, 1.82) is 0 Å². The zero-order valence-electron chi connectivity index (χ0n) is 16.8. The SMILES string of the molecule is CC(=O)Oc1ccc2cc(C3(CO)OOC34C(C)CC35CC3CC4C5)ccc2c1. The molecule has 6 atom stereocenters. The summed E-state index contributed by atoms with van der Waals surface area (Å²) in [6, 6.07) is 11.7. The quantitative estimate of drug-likeness (QED) is 0.482. The lowest BCUT2D eigenvalue weighted by Crippen LogP contribution is -2.73. The van der Waals surface area contributed by atoms with Gasteiger partial charge in [-0.3, -0.25) is 4.79 Å². The van der Waals surface area contributed by atoms with E-state index in [-0.39, 0.29) is 12.6 Å². The van der Waals surface area contributed by atoms with Crippen molar-refractivity contribution in [2.24, 2.45) is 23.2 Å². The van der Waals surface area contributed by atoms with Gasteiger partial charge in [-0.05, 0) is 83.4 Å². The number of carbonyl (C=O) groups excluding carboxylic acids is 1. The second kappa shape index (κ2) is 5.60. The molecule has 4 fully saturated rings. The third-order valence-electron chi connectivity index (χ3n) is 8.35.